The van der Waals surface area contributed by atoms with Crippen LogP contribution in [-0.2, 0) is 4.79 Å². The molecule has 2 aromatic rings. The first-order valence-corrected chi connectivity index (χ1v) is 7.35. The molecule has 1 aliphatic rings. The van der Waals surface area contributed by atoms with Crippen LogP contribution in [0.3, 0.4) is 0 Å². The van der Waals surface area contributed by atoms with Gasteiger partial charge in [0, 0.05) is 20.0 Å². The molecule has 0 saturated carbocycles. The second-order valence-electron chi connectivity index (χ2n) is 5.00. The lowest BCUT2D eigenvalue weighted by molar-refractivity contribution is -0.127. The molecule has 5 nitrogen and oxygen atoms in total. The van der Waals surface area contributed by atoms with E-state index in [2.05, 4.69) is 10.1 Å². The number of benzene rings is 1. The second-order valence-corrected chi connectivity index (χ2v) is 5.82. The van der Waals surface area contributed by atoms with Gasteiger partial charge in [0.1, 0.15) is 0 Å². The number of aromatic nitrogens is 2. The number of hydrogen-bond acceptors (Lipinski definition) is 4. The summed E-state index contributed by atoms with van der Waals surface area (Å²) in [5.41, 5.74) is 0.567. The molecule has 0 N–H and O–H groups in total. The summed E-state index contributed by atoms with van der Waals surface area (Å²) in [7, 11) is 0. The highest BCUT2D eigenvalue weighted by Gasteiger charge is 2.30. The normalized spacial score (nSPS) is 18.2. The topological polar surface area (TPSA) is 59.2 Å². The fourth-order valence-corrected chi connectivity index (χ4v) is 3.03. The zero-order chi connectivity index (χ0) is 15.0. The zero-order valence-corrected chi connectivity index (χ0v) is 12.9. The van der Waals surface area contributed by atoms with Crippen LogP contribution in [0.2, 0.25) is 10.0 Å². The molecule has 3 rings (SSSR count). The minimum absolute atomic E-state index is 0.0615. The van der Waals surface area contributed by atoms with Gasteiger partial charge in [-0.15, -0.1) is 0 Å². The smallest absolute Gasteiger partial charge is 0.231 e. The lowest BCUT2D eigenvalue weighted by Gasteiger charge is -2.11. The molecule has 1 saturated heterocycles. The first-order valence-electron chi connectivity index (χ1n) is 6.59. The summed E-state index contributed by atoms with van der Waals surface area (Å²) in [6.07, 6.45) is 0.817. The Bertz CT molecular complexity index is 666. The Morgan fingerprint density at radius 3 is 2.71 bits per heavy atom. The molecule has 1 aromatic carbocycles. The van der Waals surface area contributed by atoms with Crippen molar-refractivity contribution in [2.45, 2.75) is 19.3 Å². The Hall–Kier alpha value is -1.59. The molecule has 0 bridgehead atoms. The lowest BCUT2D eigenvalue weighted by Crippen LogP contribution is -2.25. The van der Waals surface area contributed by atoms with Crippen molar-refractivity contribution in [3.8, 4) is 11.4 Å². The number of carbonyl (C=O) groups is 1. The van der Waals surface area contributed by atoms with Gasteiger partial charge in [0.2, 0.25) is 17.6 Å². The van der Waals surface area contributed by atoms with E-state index in [1.807, 2.05) is 0 Å². The van der Waals surface area contributed by atoms with Crippen molar-refractivity contribution in [3.63, 3.8) is 0 Å². The average Bonchev–Trinajstić information content (AvgIpc) is 3.07. The van der Waals surface area contributed by atoms with E-state index >= 15 is 0 Å². The maximum absolute atomic E-state index is 11.4. The maximum atomic E-state index is 11.4. The van der Waals surface area contributed by atoms with Crippen LogP contribution in [0.5, 0.6) is 0 Å². The highest BCUT2D eigenvalue weighted by Crippen LogP contribution is 2.34. The third-order valence-corrected chi connectivity index (χ3v) is 4.24. The third kappa shape index (κ3) is 2.76. The number of rotatable bonds is 2. The van der Waals surface area contributed by atoms with E-state index in [0.29, 0.717) is 40.4 Å². The molecule has 1 amide bonds. The molecule has 0 radical (unpaired) electrons. The van der Waals surface area contributed by atoms with Gasteiger partial charge < -0.3 is 9.42 Å². The zero-order valence-electron chi connectivity index (χ0n) is 11.3. The molecule has 0 spiro atoms. The molecule has 110 valence electrons. The van der Waals surface area contributed by atoms with Crippen molar-refractivity contribution in [2.24, 2.45) is 0 Å². The summed E-state index contributed by atoms with van der Waals surface area (Å²) >= 11 is 12.3. The molecular formula is C14H13Cl2N3O2. The van der Waals surface area contributed by atoms with Crippen molar-refractivity contribution in [1.82, 2.24) is 15.0 Å². The monoisotopic (exact) mass is 325 g/mol. The highest BCUT2D eigenvalue weighted by atomic mass is 35.5. The van der Waals surface area contributed by atoms with E-state index < -0.39 is 0 Å². The molecule has 0 aliphatic carbocycles. The predicted octanol–water partition coefficient (Wildman–Crippen LogP) is 3.38. The van der Waals surface area contributed by atoms with Crippen molar-refractivity contribution in [1.29, 1.82) is 0 Å². The lowest BCUT2D eigenvalue weighted by atomic mass is 10.1. The van der Waals surface area contributed by atoms with E-state index in [0.717, 1.165) is 6.42 Å². The van der Waals surface area contributed by atoms with Crippen molar-refractivity contribution in [3.05, 3.63) is 34.1 Å². The SMILES string of the molecule is CC(=O)N1CC[C@H](c2nc(-c3c(Cl)cccc3Cl)no2)C1. The molecule has 1 fully saturated rings. The van der Waals surface area contributed by atoms with Gasteiger partial charge in [0.15, 0.2) is 0 Å². The van der Waals surface area contributed by atoms with E-state index in [1.54, 1.807) is 30.0 Å². The largest absolute Gasteiger partial charge is 0.342 e. The number of likely N-dealkylation sites (tertiary alicyclic amines) is 1. The third-order valence-electron chi connectivity index (χ3n) is 3.61. The van der Waals surface area contributed by atoms with Gasteiger partial charge in [-0.1, -0.05) is 34.4 Å². The van der Waals surface area contributed by atoms with Gasteiger partial charge in [-0.25, -0.2) is 0 Å². The summed E-state index contributed by atoms with van der Waals surface area (Å²) in [4.78, 5) is 17.5. The molecule has 1 aliphatic heterocycles. The van der Waals surface area contributed by atoms with Crippen LogP contribution in [-0.4, -0.2) is 34.0 Å². The fraction of sp³-hybridized carbons (Fsp3) is 0.357. The molecule has 1 aromatic heterocycles. The minimum Gasteiger partial charge on any atom is -0.342 e. The fourth-order valence-electron chi connectivity index (χ4n) is 2.46. The Kier molecular flexibility index (Phi) is 3.87. The standard InChI is InChI=1S/C14H13Cl2N3O2/c1-8(20)19-6-5-9(7-19)14-17-13(18-21-14)12-10(15)3-2-4-11(12)16/h2-4,9H,5-7H2,1H3/t9-/m0/s1. The van der Waals surface area contributed by atoms with Gasteiger partial charge >= 0.3 is 0 Å². The molecule has 7 heteroatoms. The Morgan fingerprint density at radius 1 is 1.38 bits per heavy atom. The van der Waals surface area contributed by atoms with Gasteiger partial charge in [-0.3, -0.25) is 4.79 Å². The number of halogens is 2. The van der Waals surface area contributed by atoms with E-state index in [1.165, 1.54) is 0 Å². The predicted molar refractivity (Wildman–Crippen MR) is 79.4 cm³/mol. The number of hydrogen-bond donors (Lipinski definition) is 0. The van der Waals surface area contributed by atoms with E-state index in [-0.39, 0.29) is 11.8 Å². The van der Waals surface area contributed by atoms with Gasteiger partial charge in [-0.2, -0.15) is 4.98 Å². The van der Waals surface area contributed by atoms with Crippen LogP contribution in [0.4, 0.5) is 0 Å². The summed E-state index contributed by atoms with van der Waals surface area (Å²) < 4.78 is 5.32. The van der Waals surface area contributed by atoms with Crippen LogP contribution in [0.15, 0.2) is 22.7 Å². The minimum atomic E-state index is 0.0615. The van der Waals surface area contributed by atoms with Crippen LogP contribution in [0.1, 0.15) is 25.2 Å². The van der Waals surface area contributed by atoms with Gasteiger partial charge in [-0.05, 0) is 18.6 Å². The number of carbonyl (C=O) groups excluding carboxylic acids is 1. The number of nitrogens with zero attached hydrogens (tertiary/aromatic N) is 3. The Morgan fingerprint density at radius 2 is 2.10 bits per heavy atom. The van der Waals surface area contributed by atoms with Crippen LogP contribution in [0.25, 0.3) is 11.4 Å². The molecule has 0 unspecified atom stereocenters. The maximum Gasteiger partial charge on any atom is 0.231 e. The Balaban J connectivity index is 1.86. The molecular weight excluding hydrogens is 313 g/mol. The second kappa shape index (κ2) is 5.66. The van der Waals surface area contributed by atoms with Crippen molar-refractivity contribution >= 4 is 29.1 Å². The first kappa shape index (κ1) is 14.4. The quantitative estimate of drug-likeness (QED) is 0.849. The summed E-state index contributed by atoms with van der Waals surface area (Å²) in [5.74, 6) is 1.02. The van der Waals surface area contributed by atoms with Gasteiger partial charge in [0.05, 0.1) is 21.5 Å². The van der Waals surface area contributed by atoms with Crippen LogP contribution in [0, 0.1) is 0 Å². The van der Waals surface area contributed by atoms with Crippen molar-refractivity contribution < 1.29 is 9.32 Å². The highest BCUT2D eigenvalue weighted by molar-refractivity contribution is 6.38. The average molecular weight is 326 g/mol. The summed E-state index contributed by atoms with van der Waals surface area (Å²) in [5, 5.41) is 4.92. The van der Waals surface area contributed by atoms with E-state index in [9.17, 15) is 4.79 Å². The van der Waals surface area contributed by atoms with Crippen molar-refractivity contribution in [2.75, 3.05) is 13.1 Å². The van der Waals surface area contributed by atoms with Crippen LogP contribution >= 0.6 is 23.2 Å². The summed E-state index contributed by atoms with van der Waals surface area (Å²) in [6, 6.07) is 5.22. The van der Waals surface area contributed by atoms with E-state index in [4.69, 9.17) is 27.7 Å². The first-order chi connectivity index (χ1) is 10.1. The number of amides is 1. The molecule has 2 heterocycles. The van der Waals surface area contributed by atoms with Crippen LogP contribution < -0.4 is 0 Å². The Labute approximate surface area is 131 Å². The summed E-state index contributed by atoms with van der Waals surface area (Å²) in [6.45, 7) is 2.88. The van der Waals surface area contributed by atoms with Gasteiger partial charge in [0.25, 0.3) is 0 Å². The molecule has 21 heavy (non-hydrogen) atoms. The molecule has 1 atom stereocenters.